The van der Waals surface area contributed by atoms with Gasteiger partial charge in [0.1, 0.15) is 6.54 Å². The van der Waals surface area contributed by atoms with E-state index in [0.717, 1.165) is 41.1 Å². The van der Waals surface area contributed by atoms with Gasteiger partial charge >= 0.3 is 0 Å². The van der Waals surface area contributed by atoms with Gasteiger partial charge in [0.25, 0.3) is 0 Å². The molecular weight excluding hydrogens is 439 g/mol. The van der Waals surface area contributed by atoms with E-state index in [1.807, 2.05) is 30.9 Å². The standard InChI is InChI=1S/C18H21BrCl2N4O/c1-12-18(19)13(2)25(22-12)11-17(26)24-7-5-23(6-8-24)10-14-3-4-15(20)9-16(14)21/h3-4,9H,5-8,10-11H2,1-2H3. The highest BCUT2D eigenvalue weighted by Crippen LogP contribution is 2.23. The van der Waals surface area contributed by atoms with Crippen molar-refractivity contribution in [3.8, 4) is 0 Å². The quantitative estimate of drug-likeness (QED) is 0.695. The number of amides is 1. The second kappa shape index (κ2) is 8.30. The van der Waals surface area contributed by atoms with Crippen LogP contribution >= 0.6 is 39.1 Å². The number of halogens is 3. The Kier molecular flexibility index (Phi) is 6.28. The van der Waals surface area contributed by atoms with Crippen molar-refractivity contribution in [3.05, 3.63) is 49.7 Å². The smallest absolute Gasteiger partial charge is 0.244 e. The number of piperazine rings is 1. The van der Waals surface area contributed by atoms with Crippen LogP contribution < -0.4 is 0 Å². The van der Waals surface area contributed by atoms with Crippen LogP contribution in [0.3, 0.4) is 0 Å². The summed E-state index contributed by atoms with van der Waals surface area (Å²) in [7, 11) is 0. The minimum Gasteiger partial charge on any atom is -0.339 e. The monoisotopic (exact) mass is 458 g/mol. The minimum atomic E-state index is 0.104. The van der Waals surface area contributed by atoms with E-state index >= 15 is 0 Å². The molecule has 1 aliphatic rings. The lowest BCUT2D eigenvalue weighted by Gasteiger charge is -2.35. The summed E-state index contributed by atoms with van der Waals surface area (Å²) in [5.74, 6) is 0.104. The Morgan fingerprint density at radius 3 is 2.46 bits per heavy atom. The van der Waals surface area contributed by atoms with E-state index in [2.05, 4.69) is 25.9 Å². The van der Waals surface area contributed by atoms with Gasteiger partial charge in [0.2, 0.25) is 5.91 Å². The zero-order valence-corrected chi connectivity index (χ0v) is 17.9. The molecule has 1 saturated heterocycles. The number of rotatable bonds is 4. The van der Waals surface area contributed by atoms with Crippen LogP contribution in [0.25, 0.3) is 0 Å². The molecule has 3 rings (SSSR count). The van der Waals surface area contributed by atoms with E-state index < -0.39 is 0 Å². The molecule has 0 unspecified atom stereocenters. The van der Waals surface area contributed by atoms with Crippen molar-refractivity contribution in [2.45, 2.75) is 26.9 Å². The molecule has 0 saturated carbocycles. The van der Waals surface area contributed by atoms with Crippen molar-refractivity contribution in [1.29, 1.82) is 0 Å². The first-order valence-electron chi connectivity index (χ1n) is 8.48. The number of carbonyl (C=O) groups is 1. The molecule has 140 valence electrons. The predicted molar refractivity (Wildman–Crippen MR) is 108 cm³/mol. The second-order valence-electron chi connectivity index (χ2n) is 6.54. The Balaban J connectivity index is 1.54. The van der Waals surface area contributed by atoms with Gasteiger partial charge in [0.05, 0.1) is 15.9 Å². The lowest BCUT2D eigenvalue weighted by atomic mass is 10.2. The van der Waals surface area contributed by atoms with Crippen molar-refractivity contribution in [3.63, 3.8) is 0 Å². The van der Waals surface area contributed by atoms with Crippen LogP contribution in [0.5, 0.6) is 0 Å². The first-order chi connectivity index (χ1) is 12.3. The third-order valence-corrected chi connectivity index (χ3v) is 6.45. The zero-order chi connectivity index (χ0) is 18.8. The first kappa shape index (κ1) is 19.7. The van der Waals surface area contributed by atoms with Gasteiger partial charge in [-0.15, -0.1) is 0 Å². The normalized spacial score (nSPS) is 15.5. The molecule has 0 atom stereocenters. The molecule has 0 radical (unpaired) electrons. The average Bonchev–Trinajstić information content (AvgIpc) is 2.85. The number of carbonyl (C=O) groups excluding carboxylic acids is 1. The number of aryl methyl sites for hydroxylation is 1. The summed E-state index contributed by atoms with van der Waals surface area (Å²) in [5.41, 5.74) is 2.94. The number of aromatic nitrogens is 2. The van der Waals surface area contributed by atoms with Crippen molar-refractivity contribution in [1.82, 2.24) is 19.6 Å². The fourth-order valence-electron chi connectivity index (χ4n) is 3.10. The van der Waals surface area contributed by atoms with Gasteiger partial charge in [0.15, 0.2) is 0 Å². The van der Waals surface area contributed by atoms with Gasteiger partial charge in [-0.1, -0.05) is 29.3 Å². The summed E-state index contributed by atoms with van der Waals surface area (Å²) >= 11 is 15.7. The maximum atomic E-state index is 12.6. The molecule has 0 N–H and O–H groups in total. The maximum Gasteiger partial charge on any atom is 0.244 e. The fraction of sp³-hybridized carbons (Fsp3) is 0.444. The Labute approximate surface area is 172 Å². The molecular formula is C18H21BrCl2N4O. The molecule has 26 heavy (non-hydrogen) atoms. The van der Waals surface area contributed by atoms with Crippen LogP contribution in [0.2, 0.25) is 10.0 Å². The fourth-order valence-corrected chi connectivity index (χ4v) is 3.86. The Hall–Kier alpha value is -1.08. The van der Waals surface area contributed by atoms with Crippen molar-refractivity contribution in [2.75, 3.05) is 26.2 Å². The molecule has 0 aliphatic carbocycles. The van der Waals surface area contributed by atoms with Crippen molar-refractivity contribution in [2.24, 2.45) is 0 Å². The lowest BCUT2D eigenvalue weighted by Crippen LogP contribution is -2.49. The molecule has 5 nitrogen and oxygen atoms in total. The molecule has 2 aromatic rings. The number of nitrogens with zero attached hydrogens (tertiary/aromatic N) is 4. The predicted octanol–water partition coefficient (Wildman–Crippen LogP) is 3.91. The van der Waals surface area contributed by atoms with Crippen LogP contribution in [-0.4, -0.2) is 51.7 Å². The third-order valence-electron chi connectivity index (χ3n) is 4.71. The van der Waals surface area contributed by atoms with Gasteiger partial charge in [-0.2, -0.15) is 5.10 Å². The first-order valence-corrected chi connectivity index (χ1v) is 10.0. The van der Waals surface area contributed by atoms with E-state index in [9.17, 15) is 4.79 Å². The van der Waals surface area contributed by atoms with E-state index in [-0.39, 0.29) is 12.5 Å². The topological polar surface area (TPSA) is 41.4 Å². The molecule has 2 heterocycles. The van der Waals surface area contributed by atoms with E-state index in [4.69, 9.17) is 23.2 Å². The Morgan fingerprint density at radius 1 is 1.19 bits per heavy atom. The highest BCUT2D eigenvalue weighted by Gasteiger charge is 2.23. The van der Waals surface area contributed by atoms with Gasteiger partial charge < -0.3 is 4.90 Å². The summed E-state index contributed by atoms with van der Waals surface area (Å²) in [5, 5.41) is 5.75. The summed E-state index contributed by atoms with van der Waals surface area (Å²) in [6.45, 7) is 8.01. The molecule has 1 aromatic heterocycles. The number of hydrogen-bond acceptors (Lipinski definition) is 3. The van der Waals surface area contributed by atoms with E-state index in [1.54, 1.807) is 10.7 Å². The highest BCUT2D eigenvalue weighted by atomic mass is 79.9. The molecule has 1 aromatic carbocycles. The zero-order valence-electron chi connectivity index (χ0n) is 14.8. The second-order valence-corrected chi connectivity index (χ2v) is 8.17. The summed E-state index contributed by atoms with van der Waals surface area (Å²) < 4.78 is 2.73. The maximum absolute atomic E-state index is 12.6. The SMILES string of the molecule is Cc1nn(CC(=O)N2CCN(Cc3ccc(Cl)cc3Cl)CC2)c(C)c1Br. The molecule has 0 spiro atoms. The average molecular weight is 460 g/mol. The molecule has 1 fully saturated rings. The summed E-state index contributed by atoms with van der Waals surface area (Å²) in [4.78, 5) is 16.8. The van der Waals surface area contributed by atoms with Gasteiger partial charge in [0, 0.05) is 42.8 Å². The van der Waals surface area contributed by atoms with Crippen LogP contribution in [0.1, 0.15) is 17.0 Å². The van der Waals surface area contributed by atoms with Crippen molar-refractivity contribution < 1.29 is 4.79 Å². The van der Waals surface area contributed by atoms with Gasteiger partial charge in [-0.25, -0.2) is 0 Å². The van der Waals surface area contributed by atoms with Crippen LogP contribution in [0.15, 0.2) is 22.7 Å². The summed E-state index contributed by atoms with van der Waals surface area (Å²) in [6, 6.07) is 5.59. The Bertz CT molecular complexity index is 816. The molecule has 8 heteroatoms. The molecule has 1 aliphatic heterocycles. The van der Waals surface area contributed by atoms with Crippen LogP contribution in [0.4, 0.5) is 0 Å². The minimum absolute atomic E-state index is 0.104. The lowest BCUT2D eigenvalue weighted by molar-refractivity contribution is -0.133. The van der Waals surface area contributed by atoms with Crippen LogP contribution in [-0.2, 0) is 17.9 Å². The highest BCUT2D eigenvalue weighted by molar-refractivity contribution is 9.10. The van der Waals surface area contributed by atoms with Gasteiger partial charge in [-0.3, -0.25) is 14.4 Å². The largest absolute Gasteiger partial charge is 0.339 e. The Morgan fingerprint density at radius 2 is 1.88 bits per heavy atom. The van der Waals surface area contributed by atoms with Crippen LogP contribution in [0, 0.1) is 13.8 Å². The summed E-state index contributed by atoms with van der Waals surface area (Å²) in [6.07, 6.45) is 0. The van der Waals surface area contributed by atoms with Gasteiger partial charge in [-0.05, 0) is 47.5 Å². The third kappa shape index (κ3) is 4.42. The molecule has 0 bridgehead atoms. The number of hydrogen-bond donors (Lipinski definition) is 0. The van der Waals surface area contributed by atoms with E-state index in [1.165, 1.54) is 0 Å². The number of benzene rings is 1. The van der Waals surface area contributed by atoms with E-state index in [0.29, 0.717) is 23.1 Å². The molecule has 1 amide bonds. The van der Waals surface area contributed by atoms with Crippen molar-refractivity contribution >= 4 is 45.0 Å².